The van der Waals surface area contributed by atoms with Crippen molar-refractivity contribution in [3.63, 3.8) is 0 Å². The monoisotopic (exact) mass is 675 g/mol. The van der Waals surface area contributed by atoms with Gasteiger partial charge in [0.25, 0.3) is 0 Å². The van der Waals surface area contributed by atoms with Crippen molar-refractivity contribution in [2.75, 3.05) is 37.7 Å². The number of carbonyl (C=O) groups excluding carboxylic acids is 1. The molecule has 49 heavy (non-hydrogen) atoms. The molecule has 3 aromatic carbocycles. The highest BCUT2D eigenvalue weighted by molar-refractivity contribution is 6.01. The van der Waals surface area contributed by atoms with Gasteiger partial charge < -0.3 is 24.4 Å². The van der Waals surface area contributed by atoms with Gasteiger partial charge in [0.15, 0.2) is 5.82 Å². The Balaban J connectivity index is 1.23. The molecule has 9 nitrogen and oxygen atoms in total. The summed E-state index contributed by atoms with van der Waals surface area (Å²) in [6.07, 6.45) is 2.22. The zero-order valence-corrected chi connectivity index (χ0v) is 27.9. The largest absolute Gasteiger partial charge is 0.508 e. The van der Waals surface area contributed by atoms with Crippen molar-refractivity contribution in [2.24, 2.45) is 0 Å². The molecule has 0 unspecified atom stereocenters. The fraction of sp³-hybridized carbons (Fsp3) is 0.486. The average Bonchev–Trinajstić information content (AvgIpc) is 3.58. The number of rotatable bonds is 5. The van der Waals surface area contributed by atoms with E-state index >= 15 is 8.78 Å². The molecule has 0 saturated carbocycles. The molecular formula is C37H40F3N5O4. The molecule has 4 aromatic rings. The van der Waals surface area contributed by atoms with Gasteiger partial charge in [0, 0.05) is 37.5 Å². The topological polar surface area (TPSA) is 91.3 Å². The van der Waals surface area contributed by atoms with Crippen molar-refractivity contribution >= 4 is 33.6 Å². The van der Waals surface area contributed by atoms with E-state index in [1.807, 2.05) is 25.7 Å². The molecule has 6 heterocycles. The lowest BCUT2D eigenvalue weighted by molar-refractivity contribution is 0.000791. The number of aromatic nitrogens is 2. The second-order valence-electron chi connectivity index (χ2n) is 15.0. The highest BCUT2D eigenvalue weighted by Gasteiger charge is 2.50. The molecule has 5 fully saturated rings. The Morgan fingerprint density at radius 2 is 1.84 bits per heavy atom. The van der Waals surface area contributed by atoms with Gasteiger partial charge >= 0.3 is 12.1 Å². The SMILES string of the molecule is CC(C)(C)OC(=O)N1C[C@H]2CC[C@H]1CN2c1nc(OC[C@@]23CCCN2C[C@H](F)C3)nc2c(F)c(-c3cc(O)cc4ccccc34)c(F)cc12. The standard InChI is InChI=1S/C37H40F3N5O4/c1-36(2,3)49-35(47)45-19-23-9-10-24(45)18-44(23)33-28-15-29(39)30(27-14-25(46)13-21-7-4-5-8-26(21)27)31(40)32(28)41-34(42-33)48-20-37-11-6-12-43(37)17-22(38)16-37/h4-5,7-8,13-15,22-24,46H,6,9-12,16-20H2,1-3H3/t22-,23-,24+,37+/m1/s1. The number of fused-ring (bicyclic) bond motifs is 6. The van der Waals surface area contributed by atoms with Gasteiger partial charge in [-0.15, -0.1) is 0 Å². The second kappa shape index (κ2) is 11.6. The number of piperidine rings is 2. The molecule has 0 spiro atoms. The highest BCUT2D eigenvalue weighted by Crippen LogP contribution is 2.43. The van der Waals surface area contributed by atoms with E-state index in [-0.39, 0.29) is 58.6 Å². The molecule has 0 radical (unpaired) electrons. The molecule has 1 amide bonds. The number of phenols is 1. The van der Waals surface area contributed by atoms with E-state index in [0.717, 1.165) is 32.2 Å². The summed E-state index contributed by atoms with van der Waals surface area (Å²) in [6.45, 7) is 7.52. The maximum absolute atomic E-state index is 16.9. The van der Waals surface area contributed by atoms with E-state index in [1.165, 1.54) is 12.1 Å². The third-order valence-corrected chi connectivity index (χ3v) is 10.6. The minimum atomic E-state index is -0.950. The summed E-state index contributed by atoms with van der Waals surface area (Å²) in [5, 5.41) is 11.9. The second-order valence-corrected chi connectivity index (χ2v) is 15.0. The number of hydrogen-bond donors (Lipinski definition) is 1. The minimum Gasteiger partial charge on any atom is -0.508 e. The number of nitrogens with zero attached hydrogens (tertiary/aromatic N) is 5. The van der Waals surface area contributed by atoms with Gasteiger partial charge in [0.2, 0.25) is 0 Å². The van der Waals surface area contributed by atoms with Crippen LogP contribution in [0.25, 0.3) is 32.8 Å². The smallest absolute Gasteiger partial charge is 0.410 e. The normalized spacial score (nSPS) is 25.4. The van der Waals surface area contributed by atoms with Gasteiger partial charge in [0.05, 0.1) is 17.1 Å². The summed E-state index contributed by atoms with van der Waals surface area (Å²) >= 11 is 0. The van der Waals surface area contributed by atoms with Crippen molar-refractivity contribution in [2.45, 2.75) is 82.3 Å². The molecule has 258 valence electrons. The van der Waals surface area contributed by atoms with Crippen molar-refractivity contribution < 1.29 is 32.5 Å². The highest BCUT2D eigenvalue weighted by atomic mass is 19.1. The molecule has 4 atom stereocenters. The summed E-state index contributed by atoms with van der Waals surface area (Å²) in [6, 6.07) is 10.8. The Morgan fingerprint density at radius 3 is 2.61 bits per heavy atom. The van der Waals surface area contributed by atoms with Crippen LogP contribution >= 0.6 is 0 Å². The Bertz CT molecular complexity index is 1970. The van der Waals surface area contributed by atoms with Crippen LogP contribution in [0.3, 0.4) is 0 Å². The quantitative estimate of drug-likeness (QED) is 0.243. The molecule has 5 aliphatic heterocycles. The van der Waals surface area contributed by atoms with Crippen LogP contribution in [-0.4, -0.2) is 93.1 Å². The van der Waals surface area contributed by atoms with E-state index in [9.17, 15) is 14.3 Å². The number of phenolic OH excluding ortho intramolecular Hbond substituents is 1. The van der Waals surface area contributed by atoms with Crippen LogP contribution < -0.4 is 9.64 Å². The lowest BCUT2D eigenvalue weighted by Gasteiger charge is -2.51. The number of ether oxygens (including phenoxy) is 2. The van der Waals surface area contributed by atoms with Crippen LogP contribution in [0, 0.1) is 11.6 Å². The lowest BCUT2D eigenvalue weighted by atomic mass is 9.90. The van der Waals surface area contributed by atoms with Crippen LogP contribution in [0.4, 0.5) is 23.8 Å². The number of hydrogen-bond acceptors (Lipinski definition) is 8. The molecule has 5 saturated heterocycles. The van der Waals surface area contributed by atoms with E-state index in [0.29, 0.717) is 42.6 Å². The first-order valence-corrected chi connectivity index (χ1v) is 17.1. The van der Waals surface area contributed by atoms with Gasteiger partial charge in [0.1, 0.15) is 41.3 Å². The van der Waals surface area contributed by atoms with Gasteiger partial charge in [-0.05, 0) is 87.5 Å². The number of piperazine rings is 1. The average molecular weight is 676 g/mol. The first-order valence-electron chi connectivity index (χ1n) is 17.1. The van der Waals surface area contributed by atoms with Crippen molar-refractivity contribution in [3.05, 3.63) is 54.1 Å². The van der Waals surface area contributed by atoms with Crippen LogP contribution in [0.2, 0.25) is 0 Å². The van der Waals surface area contributed by atoms with Crippen molar-refractivity contribution in [3.8, 4) is 22.9 Å². The zero-order valence-electron chi connectivity index (χ0n) is 27.9. The number of carbonyl (C=O) groups is 1. The number of alkyl halides is 1. The van der Waals surface area contributed by atoms with Crippen LogP contribution in [-0.2, 0) is 4.74 Å². The molecule has 5 aliphatic rings. The Morgan fingerprint density at radius 1 is 1.04 bits per heavy atom. The number of amides is 1. The maximum atomic E-state index is 16.9. The lowest BCUT2D eigenvalue weighted by Crippen LogP contribution is -2.64. The Hall–Kier alpha value is -4.32. The number of benzene rings is 3. The molecule has 9 rings (SSSR count). The predicted octanol–water partition coefficient (Wildman–Crippen LogP) is 6.98. The number of aromatic hydroxyl groups is 1. The van der Waals surface area contributed by atoms with Crippen molar-refractivity contribution in [1.82, 2.24) is 19.8 Å². The van der Waals surface area contributed by atoms with E-state index < -0.39 is 28.9 Å². The third-order valence-electron chi connectivity index (χ3n) is 10.6. The van der Waals surface area contributed by atoms with E-state index in [1.54, 1.807) is 35.2 Å². The summed E-state index contributed by atoms with van der Waals surface area (Å²) in [7, 11) is 0. The summed E-state index contributed by atoms with van der Waals surface area (Å²) in [4.78, 5) is 28.3. The van der Waals surface area contributed by atoms with Crippen LogP contribution in [0.15, 0.2) is 42.5 Å². The van der Waals surface area contributed by atoms with Gasteiger partial charge in [-0.2, -0.15) is 9.97 Å². The van der Waals surface area contributed by atoms with Crippen LogP contribution in [0.1, 0.15) is 52.9 Å². The van der Waals surface area contributed by atoms with Crippen LogP contribution in [0.5, 0.6) is 11.8 Å². The Kier molecular flexibility index (Phi) is 7.58. The molecule has 1 aromatic heterocycles. The number of halogens is 3. The Labute approximate surface area is 282 Å². The molecule has 2 bridgehead atoms. The third kappa shape index (κ3) is 5.57. The fourth-order valence-electron chi connectivity index (χ4n) is 8.47. The van der Waals surface area contributed by atoms with E-state index in [2.05, 4.69) is 9.88 Å². The maximum Gasteiger partial charge on any atom is 0.410 e. The van der Waals surface area contributed by atoms with Gasteiger partial charge in [-0.1, -0.05) is 24.3 Å². The number of anilines is 1. The predicted molar refractivity (Wildman–Crippen MR) is 180 cm³/mol. The first kappa shape index (κ1) is 31.9. The molecule has 12 heteroatoms. The van der Waals surface area contributed by atoms with Crippen molar-refractivity contribution in [1.29, 1.82) is 0 Å². The van der Waals surface area contributed by atoms with Gasteiger partial charge in [-0.3, -0.25) is 4.90 Å². The summed E-state index contributed by atoms with van der Waals surface area (Å²) in [5.74, 6) is -1.53. The zero-order chi connectivity index (χ0) is 34.2. The summed E-state index contributed by atoms with van der Waals surface area (Å²) < 4.78 is 59.7. The van der Waals surface area contributed by atoms with Gasteiger partial charge in [-0.25, -0.2) is 18.0 Å². The molecule has 1 N–H and O–H groups in total. The molecule has 0 aliphatic carbocycles. The molecular weight excluding hydrogens is 635 g/mol. The van der Waals surface area contributed by atoms with E-state index in [4.69, 9.17) is 14.5 Å². The summed E-state index contributed by atoms with van der Waals surface area (Å²) in [5.41, 5.74) is -1.37. The fourth-order valence-corrected chi connectivity index (χ4v) is 8.47. The minimum absolute atomic E-state index is 0.0753. The first-order chi connectivity index (χ1) is 23.4.